The maximum Gasteiger partial charge on any atom is 0.262 e. The molecule has 1 atom stereocenters. The lowest BCUT2D eigenvalue weighted by molar-refractivity contribution is -0.144. The highest BCUT2D eigenvalue weighted by Crippen LogP contribution is 2.36. The van der Waals surface area contributed by atoms with Gasteiger partial charge in [-0.05, 0) is 30.5 Å². The quantitative estimate of drug-likeness (QED) is 0.450. The van der Waals surface area contributed by atoms with E-state index in [9.17, 15) is 9.59 Å². The molecule has 0 spiro atoms. The molecule has 40 heavy (non-hydrogen) atoms. The molecule has 9 heteroatoms. The lowest BCUT2D eigenvalue weighted by atomic mass is 9.98. The standard InChI is InChI=1S/C31H40N4O5/c1-38-25-12-13-26(29(20-25)39-2)27-21-28(23-8-4-3-5-9-23)35(32-27)30(36)22-34(31(37)24-10-6-7-11-24)15-14-33-16-18-40-19-17-33/h3-5,8-9,12-13,20,24,28H,6-7,10-11,14-19,21-22H2,1-2H3. The molecule has 214 valence electrons. The van der Waals surface area contributed by atoms with Crippen LogP contribution in [0.25, 0.3) is 0 Å². The highest BCUT2D eigenvalue weighted by Gasteiger charge is 2.36. The summed E-state index contributed by atoms with van der Waals surface area (Å²) >= 11 is 0. The number of nitrogens with zero attached hydrogens (tertiary/aromatic N) is 4. The van der Waals surface area contributed by atoms with Crippen LogP contribution in [0.2, 0.25) is 0 Å². The first-order valence-electron chi connectivity index (χ1n) is 14.3. The third kappa shape index (κ3) is 6.47. The van der Waals surface area contributed by atoms with E-state index in [1.54, 1.807) is 24.1 Å². The number of amides is 2. The van der Waals surface area contributed by atoms with Crippen molar-refractivity contribution in [1.29, 1.82) is 0 Å². The summed E-state index contributed by atoms with van der Waals surface area (Å²) in [4.78, 5) is 31.7. The molecule has 9 nitrogen and oxygen atoms in total. The second kappa shape index (κ2) is 13.3. The number of hydrogen-bond acceptors (Lipinski definition) is 7. The van der Waals surface area contributed by atoms with Gasteiger partial charge in [0.05, 0.1) is 39.2 Å². The van der Waals surface area contributed by atoms with Gasteiger partial charge in [0.2, 0.25) is 5.91 Å². The summed E-state index contributed by atoms with van der Waals surface area (Å²) in [6.07, 6.45) is 4.49. The van der Waals surface area contributed by atoms with Crippen molar-refractivity contribution in [2.45, 2.75) is 38.1 Å². The van der Waals surface area contributed by atoms with E-state index in [4.69, 9.17) is 19.3 Å². The van der Waals surface area contributed by atoms with Crippen LogP contribution < -0.4 is 9.47 Å². The number of rotatable bonds is 10. The molecule has 0 N–H and O–H groups in total. The number of hydrogen-bond donors (Lipinski definition) is 0. The molecule has 1 saturated carbocycles. The molecule has 1 unspecified atom stereocenters. The zero-order chi connectivity index (χ0) is 27.9. The van der Waals surface area contributed by atoms with Crippen molar-refractivity contribution >= 4 is 17.5 Å². The molecule has 2 fully saturated rings. The third-order valence-electron chi connectivity index (χ3n) is 8.20. The molecule has 1 aliphatic carbocycles. The molecule has 2 heterocycles. The minimum absolute atomic E-state index is 0.00334. The second-order valence-electron chi connectivity index (χ2n) is 10.7. The van der Waals surface area contributed by atoms with E-state index in [2.05, 4.69) is 4.90 Å². The topological polar surface area (TPSA) is 83.9 Å². The Morgan fingerprint density at radius 1 is 1.02 bits per heavy atom. The molecule has 5 rings (SSSR count). The van der Waals surface area contributed by atoms with Gasteiger partial charge < -0.3 is 19.1 Å². The number of carbonyl (C=O) groups is 2. The number of hydrazone groups is 1. The first kappa shape index (κ1) is 28.1. The van der Waals surface area contributed by atoms with Gasteiger partial charge in [-0.1, -0.05) is 43.2 Å². The number of ether oxygens (including phenoxy) is 3. The van der Waals surface area contributed by atoms with E-state index in [0.717, 1.165) is 62.2 Å². The number of morpholine rings is 1. The fraction of sp³-hybridized carbons (Fsp3) is 0.516. The van der Waals surface area contributed by atoms with Gasteiger partial charge in [0.25, 0.3) is 5.91 Å². The van der Waals surface area contributed by atoms with Crippen molar-refractivity contribution in [1.82, 2.24) is 14.8 Å². The second-order valence-corrected chi connectivity index (χ2v) is 10.7. The van der Waals surface area contributed by atoms with Gasteiger partial charge >= 0.3 is 0 Å². The molecular formula is C31H40N4O5. The van der Waals surface area contributed by atoms with Gasteiger partial charge in [0.1, 0.15) is 18.0 Å². The molecule has 2 amide bonds. The van der Waals surface area contributed by atoms with Crippen molar-refractivity contribution < 1.29 is 23.8 Å². The maximum absolute atomic E-state index is 14.0. The molecule has 3 aliphatic rings. The SMILES string of the molecule is COc1ccc(C2=NN(C(=O)CN(CCN3CCOCC3)C(=O)C3CCCC3)C(c3ccccc3)C2)c(OC)c1. The lowest BCUT2D eigenvalue weighted by Crippen LogP contribution is -2.47. The fourth-order valence-electron chi connectivity index (χ4n) is 5.90. The smallest absolute Gasteiger partial charge is 0.262 e. The van der Waals surface area contributed by atoms with Crippen LogP contribution in [0.15, 0.2) is 53.6 Å². The molecule has 2 aliphatic heterocycles. The van der Waals surface area contributed by atoms with Crippen molar-refractivity contribution in [2.24, 2.45) is 11.0 Å². The summed E-state index contributed by atoms with van der Waals surface area (Å²) in [7, 11) is 3.23. The molecule has 1 saturated heterocycles. The van der Waals surface area contributed by atoms with Crippen LogP contribution in [0.5, 0.6) is 11.5 Å². The predicted molar refractivity (Wildman–Crippen MR) is 153 cm³/mol. The average Bonchev–Trinajstić information content (AvgIpc) is 3.71. The van der Waals surface area contributed by atoms with Gasteiger partial charge in [0, 0.05) is 50.1 Å². The monoisotopic (exact) mass is 548 g/mol. The summed E-state index contributed by atoms with van der Waals surface area (Å²) < 4.78 is 16.5. The van der Waals surface area contributed by atoms with E-state index in [1.807, 2.05) is 48.5 Å². The summed E-state index contributed by atoms with van der Waals surface area (Å²) in [5, 5.41) is 6.44. The highest BCUT2D eigenvalue weighted by atomic mass is 16.5. The average molecular weight is 549 g/mol. The van der Waals surface area contributed by atoms with Crippen LogP contribution in [0, 0.1) is 5.92 Å². The summed E-state index contributed by atoms with van der Waals surface area (Å²) in [6.45, 7) is 4.36. The van der Waals surface area contributed by atoms with Crippen LogP contribution >= 0.6 is 0 Å². The van der Waals surface area contributed by atoms with Crippen LogP contribution in [-0.4, -0.2) is 92.5 Å². The fourth-order valence-corrected chi connectivity index (χ4v) is 5.90. The summed E-state index contributed by atoms with van der Waals surface area (Å²) in [5.41, 5.74) is 2.60. The first-order chi connectivity index (χ1) is 19.6. The van der Waals surface area contributed by atoms with E-state index in [-0.39, 0.29) is 30.3 Å². The maximum atomic E-state index is 14.0. The molecule has 0 radical (unpaired) electrons. The molecule has 2 aromatic carbocycles. The Morgan fingerprint density at radius 3 is 2.48 bits per heavy atom. The van der Waals surface area contributed by atoms with Crippen LogP contribution in [0.1, 0.15) is 49.3 Å². The van der Waals surface area contributed by atoms with Crippen LogP contribution in [0.4, 0.5) is 0 Å². The van der Waals surface area contributed by atoms with Crippen LogP contribution in [-0.2, 0) is 14.3 Å². The van der Waals surface area contributed by atoms with Gasteiger partial charge in [-0.25, -0.2) is 5.01 Å². The number of carbonyl (C=O) groups excluding carboxylic acids is 2. The normalized spacial score (nSPS) is 19.9. The van der Waals surface area contributed by atoms with Gasteiger partial charge in [0.15, 0.2) is 0 Å². The third-order valence-corrected chi connectivity index (χ3v) is 8.20. The zero-order valence-corrected chi connectivity index (χ0v) is 23.6. The van der Waals surface area contributed by atoms with Gasteiger partial charge in [-0.15, -0.1) is 0 Å². The number of methoxy groups -OCH3 is 2. The molecule has 2 aromatic rings. The minimum Gasteiger partial charge on any atom is -0.497 e. The Hall–Kier alpha value is -3.43. The van der Waals surface area contributed by atoms with Gasteiger partial charge in [-0.3, -0.25) is 14.5 Å². The summed E-state index contributed by atoms with van der Waals surface area (Å²) in [5.74, 6) is 1.25. The van der Waals surface area contributed by atoms with Gasteiger partial charge in [-0.2, -0.15) is 5.10 Å². The zero-order valence-electron chi connectivity index (χ0n) is 23.6. The highest BCUT2D eigenvalue weighted by molar-refractivity contribution is 6.05. The molecular weight excluding hydrogens is 508 g/mol. The minimum atomic E-state index is -0.266. The number of benzene rings is 2. The van der Waals surface area contributed by atoms with Crippen LogP contribution in [0.3, 0.4) is 0 Å². The van der Waals surface area contributed by atoms with Crippen molar-refractivity contribution in [2.75, 3.05) is 60.2 Å². The first-order valence-corrected chi connectivity index (χ1v) is 14.3. The largest absolute Gasteiger partial charge is 0.497 e. The molecule has 0 bridgehead atoms. The van der Waals surface area contributed by atoms with Crippen molar-refractivity contribution in [3.8, 4) is 11.5 Å². The molecule has 0 aromatic heterocycles. The van der Waals surface area contributed by atoms with E-state index >= 15 is 0 Å². The Bertz CT molecular complexity index is 1190. The van der Waals surface area contributed by atoms with Crippen molar-refractivity contribution in [3.63, 3.8) is 0 Å². The van der Waals surface area contributed by atoms with Crippen molar-refractivity contribution in [3.05, 3.63) is 59.7 Å². The van der Waals surface area contributed by atoms with E-state index in [1.165, 1.54) is 0 Å². The Labute approximate surface area is 236 Å². The Balaban J connectivity index is 1.40. The van der Waals surface area contributed by atoms with E-state index in [0.29, 0.717) is 37.7 Å². The Kier molecular flexibility index (Phi) is 9.34. The Morgan fingerprint density at radius 2 is 1.77 bits per heavy atom. The lowest BCUT2D eigenvalue weighted by Gasteiger charge is -2.32. The predicted octanol–water partition coefficient (Wildman–Crippen LogP) is 3.73. The van der Waals surface area contributed by atoms with E-state index < -0.39 is 0 Å². The summed E-state index contributed by atoms with van der Waals surface area (Å²) in [6, 6.07) is 15.3.